The first kappa shape index (κ1) is 24.9. The van der Waals surface area contributed by atoms with Crippen molar-refractivity contribution in [2.24, 2.45) is 0 Å². The number of nitrogens with zero attached hydrogens (tertiary/aromatic N) is 1. The fourth-order valence-electron chi connectivity index (χ4n) is 4.44. The van der Waals surface area contributed by atoms with Gasteiger partial charge in [0, 0.05) is 23.7 Å². The third-order valence-corrected chi connectivity index (χ3v) is 6.30. The summed E-state index contributed by atoms with van der Waals surface area (Å²) >= 11 is 0. The number of amides is 2. The largest absolute Gasteiger partial charge is 0.497 e. The molecule has 0 saturated carbocycles. The van der Waals surface area contributed by atoms with Crippen LogP contribution in [0.3, 0.4) is 0 Å². The Balaban J connectivity index is 1.53. The van der Waals surface area contributed by atoms with Crippen molar-refractivity contribution < 1.29 is 28.5 Å². The Kier molecular flexibility index (Phi) is 7.63. The second-order valence-electron chi connectivity index (χ2n) is 8.33. The normalized spacial score (nSPS) is 14.3. The Morgan fingerprint density at radius 1 is 0.861 bits per heavy atom. The molecule has 3 aromatic rings. The zero-order chi connectivity index (χ0) is 25.7. The van der Waals surface area contributed by atoms with E-state index in [1.807, 2.05) is 42.5 Å². The smallest absolute Gasteiger partial charge is 0.255 e. The maximum Gasteiger partial charge on any atom is 0.255 e. The van der Waals surface area contributed by atoms with E-state index in [1.165, 1.54) is 0 Å². The van der Waals surface area contributed by atoms with E-state index in [4.69, 9.17) is 18.9 Å². The van der Waals surface area contributed by atoms with Gasteiger partial charge in [-0.05, 0) is 47.9 Å². The highest BCUT2D eigenvalue weighted by atomic mass is 16.5. The molecule has 188 valence electrons. The van der Waals surface area contributed by atoms with Crippen LogP contribution in [0.25, 0.3) is 0 Å². The molecule has 1 aliphatic heterocycles. The molecule has 8 nitrogen and oxygen atoms in total. The lowest BCUT2D eigenvalue weighted by Crippen LogP contribution is -2.39. The first-order valence-electron chi connectivity index (χ1n) is 11.6. The van der Waals surface area contributed by atoms with Crippen LogP contribution in [-0.2, 0) is 17.8 Å². The molecule has 36 heavy (non-hydrogen) atoms. The molecule has 3 aromatic carbocycles. The molecular formula is C28H30N2O6. The van der Waals surface area contributed by atoms with E-state index in [9.17, 15) is 9.59 Å². The average molecular weight is 491 g/mol. The maximum absolute atomic E-state index is 13.4. The number of nitrogens with one attached hydrogen (secondary N) is 1. The van der Waals surface area contributed by atoms with Gasteiger partial charge in [0.2, 0.25) is 5.91 Å². The van der Waals surface area contributed by atoms with E-state index >= 15 is 0 Å². The molecule has 0 unspecified atom stereocenters. The van der Waals surface area contributed by atoms with Gasteiger partial charge in [0.05, 0.1) is 35.0 Å². The number of hydrogen-bond donors (Lipinski definition) is 1. The molecule has 0 spiro atoms. The minimum atomic E-state index is -0.745. The summed E-state index contributed by atoms with van der Waals surface area (Å²) in [6, 6.07) is 17.6. The van der Waals surface area contributed by atoms with Gasteiger partial charge >= 0.3 is 0 Å². The molecule has 0 radical (unpaired) electrons. The van der Waals surface area contributed by atoms with Crippen LogP contribution >= 0.6 is 0 Å². The van der Waals surface area contributed by atoms with Crippen LogP contribution < -0.4 is 24.3 Å². The van der Waals surface area contributed by atoms with Crippen molar-refractivity contribution in [3.63, 3.8) is 0 Å². The van der Waals surface area contributed by atoms with Gasteiger partial charge in [0.15, 0.2) is 11.5 Å². The second kappa shape index (κ2) is 11.0. The predicted molar refractivity (Wildman–Crippen MR) is 135 cm³/mol. The van der Waals surface area contributed by atoms with Crippen molar-refractivity contribution in [1.82, 2.24) is 10.2 Å². The fraction of sp³-hybridized carbons (Fsp3) is 0.286. The van der Waals surface area contributed by atoms with E-state index in [2.05, 4.69) is 5.32 Å². The summed E-state index contributed by atoms with van der Waals surface area (Å²) in [6.45, 7) is 0.620. The van der Waals surface area contributed by atoms with Crippen LogP contribution in [-0.4, -0.2) is 51.7 Å². The molecule has 0 bridgehead atoms. The highest BCUT2D eigenvalue weighted by Crippen LogP contribution is 2.37. The molecular weight excluding hydrogens is 460 g/mol. The fourth-order valence-corrected chi connectivity index (χ4v) is 4.44. The molecule has 1 heterocycles. The van der Waals surface area contributed by atoms with Crippen LogP contribution in [0.5, 0.6) is 23.0 Å². The van der Waals surface area contributed by atoms with Crippen LogP contribution in [0.4, 0.5) is 0 Å². The zero-order valence-corrected chi connectivity index (χ0v) is 20.9. The van der Waals surface area contributed by atoms with Crippen molar-refractivity contribution in [3.05, 3.63) is 82.9 Å². The van der Waals surface area contributed by atoms with Crippen LogP contribution in [0.15, 0.2) is 60.7 Å². The third-order valence-electron chi connectivity index (χ3n) is 6.30. The molecule has 1 N–H and O–H groups in total. The van der Waals surface area contributed by atoms with Crippen LogP contribution in [0.2, 0.25) is 0 Å². The molecule has 0 aromatic heterocycles. The number of carbonyl (C=O) groups is 2. The van der Waals surface area contributed by atoms with E-state index in [0.29, 0.717) is 47.1 Å². The van der Waals surface area contributed by atoms with Crippen molar-refractivity contribution in [1.29, 1.82) is 0 Å². The number of fused-ring (bicyclic) bond motifs is 1. The molecule has 8 heteroatoms. The lowest BCUT2D eigenvalue weighted by molar-refractivity contribution is -0.125. The Labute approximate surface area is 210 Å². The van der Waals surface area contributed by atoms with Gasteiger partial charge in [0.25, 0.3) is 5.91 Å². The monoisotopic (exact) mass is 490 g/mol. The van der Waals surface area contributed by atoms with E-state index in [0.717, 1.165) is 11.1 Å². The summed E-state index contributed by atoms with van der Waals surface area (Å²) in [6.07, 6.45) is 0.598. The highest BCUT2D eigenvalue weighted by Gasteiger charge is 2.41. The summed E-state index contributed by atoms with van der Waals surface area (Å²) in [7, 11) is 6.32. The van der Waals surface area contributed by atoms with Gasteiger partial charge in [0.1, 0.15) is 17.5 Å². The molecule has 2 amide bonds. The Morgan fingerprint density at radius 3 is 2.33 bits per heavy atom. The minimum absolute atomic E-state index is 0.191. The second-order valence-corrected chi connectivity index (χ2v) is 8.33. The predicted octanol–water partition coefficient (Wildman–Crippen LogP) is 3.78. The van der Waals surface area contributed by atoms with Gasteiger partial charge in [-0.2, -0.15) is 0 Å². The summed E-state index contributed by atoms with van der Waals surface area (Å²) in [5.74, 6) is 2.10. The molecule has 1 aliphatic rings. The SMILES string of the molecule is COc1ccc(CN2C(=O)c3ccccc3[C@@H]2C(=O)NCCc2ccc(OC)c(OC)c2)c(OC)c1. The Bertz CT molecular complexity index is 1260. The van der Waals surface area contributed by atoms with Gasteiger partial charge in [-0.1, -0.05) is 24.3 Å². The van der Waals surface area contributed by atoms with Crippen LogP contribution in [0.1, 0.15) is 33.1 Å². The van der Waals surface area contributed by atoms with Crippen molar-refractivity contribution in [2.75, 3.05) is 35.0 Å². The quantitative estimate of drug-likeness (QED) is 0.466. The third kappa shape index (κ3) is 4.93. The van der Waals surface area contributed by atoms with Gasteiger partial charge in [-0.15, -0.1) is 0 Å². The van der Waals surface area contributed by atoms with Gasteiger partial charge in [-0.25, -0.2) is 0 Å². The Hall–Kier alpha value is -4.20. The number of hydrogen-bond acceptors (Lipinski definition) is 6. The lowest BCUT2D eigenvalue weighted by atomic mass is 10.0. The zero-order valence-electron chi connectivity index (χ0n) is 20.9. The van der Waals surface area contributed by atoms with Gasteiger partial charge < -0.3 is 29.2 Å². The first-order valence-corrected chi connectivity index (χ1v) is 11.6. The standard InChI is InChI=1S/C28H30N2O6/c1-33-20-11-10-19(24(16-20)35-3)17-30-26(21-7-5-6-8-22(21)28(30)32)27(31)29-14-13-18-9-12-23(34-2)25(15-18)36-4/h5-12,15-16,26H,13-14,17H2,1-4H3,(H,29,31)/t26-/m1/s1. The van der Waals surface area contributed by atoms with E-state index < -0.39 is 6.04 Å². The molecule has 0 saturated heterocycles. The number of benzene rings is 3. The summed E-state index contributed by atoms with van der Waals surface area (Å²) < 4.78 is 21.5. The molecule has 4 rings (SSSR count). The highest BCUT2D eigenvalue weighted by molar-refractivity contribution is 6.04. The van der Waals surface area contributed by atoms with Crippen molar-refractivity contribution >= 4 is 11.8 Å². The molecule has 0 fully saturated rings. The van der Waals surface area contributed by atoms with E-state index in [1.54, 1.807) is 51.5 Å². The molecule has 1 atom stereocenters. The summed E-state index contributed by atoms with van der Waals surface area (Å²) in [5.41, 5.74) is 3.00. The molecule has 0 aliphatic carbocycles. The first-order chi connectivity index (χ1) is 17.5. The number of ether oxygens (including phenoxy) is 4. The van der Waals surface area contributed by atoms with Gasteiger partial charge in [-0.3, -0.25) is 9.59 Å². The number of carbonyl (C=O) groups excluding carboxylic acids is 2. The minimum Gasteiger partial charge on any atom is -0.497 e. The maximum atomic E-state index is 13.4. The number of rotatable bonds is 10. The topological polar surface area (TPSA) is 86.3 Å². The number of methoxy groups -OCH3 is 4. The van der Waals surface area contributed by atoms with Crippen LogP contribution in [0, 0.1) is 0 Å². The van der Waals surface area contributed by atoms with E-state index in [-0.39, 0.29) is 18.4 Å². The average Bonchev–Trinajstić information content (AvgIpc) is 3.19. The summed E-state index contributed by atoms with van der Waals surface area (Å²) in [5, 5.41) is 3.01. The summed E-state index contributed by atoms with van der Waals surface area (Å²) in [4.78, 5) is 28.3. The van der Waals surface area contributed by atoms with Crippen molar-refractivity contribution in [2.45, 2.75) is 19.0 Å². The lowest BCUT2D eigenvalue weighted by Gasteiger charge is -2.25. The Morgan fingerprint density at radius 2 is 1.61 bits per heavy atom. The van der Waals surface area contributed by atoms with Crippen molar-refractivity contribution in [3.8, 4) is 23.0 Å².